The summed E-state index contributed by atoms with van der Waals surface area (Å²) >= 11 is 0. The van der Waals surface area contributed by atoms with Gasteiger partial charge >= 0.3 is 29.9 Å². The van der Waals surface area contributed by atoms with Crippen LogP contribution in [-0.4, -0.2) is 83.0 Å². The maximum absolute atomic E-state index is 13.5. The highest BCUT2D eigenvalue weighted by Gasteiger charge is 2.32. The van der Waals surface area contributed by atoms with Crippen molar-refractivity contribution in [3.05, 3.63) is 0 Å². The number of nitrogens with one attached hydrogen (secondary N) is 2. The van der Waals surface area contributed by atoms with Gasteiger partial charge in [-0.3, -0.25) is 19.2 Å². The number of aliphatic carboxylic acids is 1. The number of carboxylic acids is 1. The van der Waals surface area contributed by atoms with E-state index < -0.39 is 66.3 Å². The molecular formula is C33H59N3O11. The van der Waals surface area contributed by atoms with E-state index in [2.05, 4.69) is 10.6 Å². The van der Waals surface area contributed by atoms with Gasteiger partial charge in [0, 0.05) is 6.54 Å². The molecule has 0 radical (unpaired) electrons. The number of primary amides is 1. The number of nitrogens with two attached hydrogens (primary N) is 1. The molecule has 0 fully saturated rings. The van der Waals surface area contributed by atoms with Gasteiger partial charge in [-0.15, -0.1) is 0 Å². The molecule has 8 atom stereocenters. The van der Waals surface area contributed by atoms with Crippen molar-refractivity contribution in [3.8, 4) is 0 Å². The molecule has 0 aliphatic rings. The number of aliphatic hydroxyl groups is 1. The molecule has 3 amide bonds. The van der Waals surface area contributed by atoms with E-state index in [4.69, 9.17) is 19.9 Å². The Bertz CT molecular complexity index is 1010. The Morgan fingerprint density at radius 1 is 0.702 bits per heavy atom. The SMILES string of the molecule is CCC(C)C(O)CC(=O)OC(CC(=O)NC(CCCNC(N)=O)C(=O)OC(CC(=O)OC(CC(=O)O)C(C)C)C(C)CC)C(C)CC. The summed E-state index contributed by atoms with van der Waals surface area (Å²) in [6, 6.07) is -1.92. The molecule has 0 aromatic heterocycles. The molecule has 0 aliphatic carbocycles. The molecule has 0 rings (SSSR count). The fourth-order valence-corrected chi connectivity index (χ4v) is 4.51. The largest absolute Gasteiger partial charge is 0.481 e. The van der Waals surface area contributed by atoms with Gasteiger partial charge in [0.2, 0.25) is 5.91 Å². The van der Waals surface area contributed by atoms with Gasteiger partial charge in [-0.2, -0.15) is 0 Å². The third kappa shape index (κ3) is 18.5. The van der Waals surface area contributed by atoms with E-state index in [0.29, 0.717) is 19.3 Å². The fourth-order valence-electron chi connectivity index (χ4n) is 4.51. The zero-order valence-corrected chi connectivity index (χ0v) is 29.4. The first-order valence-electron chi connectivity index (χ1n) is 16.8. The van der Waals surface area contributed by atoms with E-state index in [0.717, 1.165) is 0 Å². The standard InChI is InChI=1S/C33H59N3O11/c1-9-20(6)24(37)15-30(41)46-26(21(7)10-2)16-28(38)36-23(13-12-14-35-33(34)44)32(43)47-27(22(8)11-3)18-31(42)45-25(19(4)5)17-29(39)40/h19-27,37H,9-18H2,1-8H3,(H,36,38)(H,39,40)(H3,34,35,44). The van der Waals surface area contributed by atoms with Crippen LogP contribution in [0.5, 0.6) is 0 Å². The number of aliphatic hydroxyl groups excluding tert-OH is 1. The summed E-state index contributed by atoms with van der Waals surface area (Å²) in [4.78, 5) is 74.5. The number of rotatable bonds is 24. The fraction of sp³-hybridized carbons (Fsp3) is 0.818. The van der Waals surface area contributed by atoms with Crippen LogP contribution in [0, 0.1) is 23.7 Å². The summed E-state index contributed by atoms with van der Waals surface area (Å²) in [7, 11) is 0. The third-order valence-electron chi connectivity index (χ3n) is 8.53. The predicted octanol–water partition coefficient (Wildman–Crippen LogP) is 3.46. The van der Waals surface area contributed by atoms with E-state index in [-0.39, 0.29) is 68.7 Å². The average molecular weight is 674 g/mol. The van der Waals surface area contributed by atoms with Gasteiger partial charge in [0.05, 0.1) is 31.8 Å². The van der Waals surface area contributed by atoms with E-state index in [1.165, 1.54) is 0 Å². The molecule has 14 nitrogen and oxygen atoms in total. The van der Waals surface area contributed by atoms with Crippen LogP contribution in [-0.2, 0) is 38.2 Å². The molecule has 8 unspecified atom stereocenters. The van der Waals surface area contributed by atoms with Crippen molar-refractivity contribution < 1.29 is 53.2 Å². The summed E-state index contributed by atoms with van der Waals surface area (Å²) in [6.45, 7) is 14.7. The summed E-state index contributed by atoms with van der Waals surface area (Å²) in [5.41, 5.74) is 5.14. The Kier molecular flexibility index (Phi) is 21.3. The minimum Gasteiger partial charge on any atom is -0.481 e. The summed E-state index contributed by atoms with van der Waals surface area (Å²) < 4.78 is 16.8. The first kappa shape index (κ1) is 43.6. The zero-order valence-electron chi connectivity index (χ0n) is 29.4. The predicted molar refractivity (Wildman–Crippen MR) is 174 cm³/mol. The lowest BCUT2D eigenvalue weighted by molar-refractivity contribution is -0.165. The zero-order chi connectivity index (χ0) is 36.3. The monoisotopic (exact) mass is 673 g/mol. The normalized spacial score (nSPS) is 16.4. The van der Waals surface area contributed by atoms with Crippen LogP contribution in [0.25, 0.3) is 0 Å². The van der Waals surface area contributed by atoms with Crippen molar-refractivity contribution in [1.82, 2.24) is 10.6 Å². The molecule has 0 aromatic rings. The molecule has 0 saturated heterocycles. The number of amides is 3. The summed E-state index contributed by atoms with van der Waals surface area (Å²) in [5, 5.41) is 24.5. The second-order valence-electron chi connectivity index (χ2n) is 12.8. The van der Waals surface area contributed by atoms with Gasteiger partial charge in [0.25, 0.3) is 0 Å². The van der Waals surface area contributed by atoms with Crippen LogP contribution < -0.4 is 16.4 Å². The van der Waals surface area contributed by atoms with Crippen LogP contribution >= 0.6 is 0 Å². The highest BCUT2D eigenvalue weighted by molar-refractivity contribution is 5.85. The lowest BCUT2D eigenvalue weighted by Gasteiger charge is -2.28. The molecule has 0 heterocycles. The van der Waals surface area contributed by atoms with E-state index >= 15 is 0 Å². The van der Waals surface area contributed by atoms with Gasteiger partial charge in [0.1, 0.15) is 24.4 Å². The number of urea groups is 1. The molecule has 272 valence electrons. The second-order valence-corrected chi connectivity index (χ2v) is 12.8. The third-order valence-corrected chi connectivity index (χ3v) is 8.53. The van der Waals surface area contributed by atoms with Crippen molar-refractivity contribution in [3.63, 3.8) is 0 Å². The summed E-state index contributed by atoms with van der Waals surface area (Å²) in [5.74, 6) is -4.69. The van der Waals surface area contributed by atoms with Gasteiger partial charge in [-0.05, 0) is 36.5 Å². The maximum Gasteiger partial charge on any atom is 0.328 e. The van der Waals surface area contributed by atoms with E-state index in [1.54, 1.807) is 20.8 Å². The quantitative estimate of drug-likeness (QED) is 0.0567. The number of carboxylic acid groups (broad SMARTS) is 1. The van der Waals surface area contributed by atoms with E-state index in [1.807, 2.05) is 34.6 Å². The molecule has 47 heavy (non-hydrogen) atoms. The molecule has 14 heteroatoms. The van der Waals surface area contributed by atoms with E-state index in [9.17, 15) is 39.0 Å². The highest BCUT2D eigenvalue weighted by Crippen LogP contribution is 2.21. The Morgan fingerprint density at radius 2 is 1.21 bits per heavy atom. The van der Waals surface area contributed by atoms with Gasteiger partial charge in [0.15, 0.2) is 0 Å². The van der Waals surface area contributed by atoms with Gasteiger partial charge in [-0.25, -0.2) is 9.59 Å². The van der Waals surface area contributed by atoms with Gasteiger partial charge in [-0.1, -0.05) is 74.7 Å². The Hall–Kier alpha value is -3.42. The number of hydrogen-bond donors (Lipinski definition) is 5. The van der Waals surface area contributed by atoms with Gasteiger partial charge < -0.3 is 40.8 Å². The molecule has 6 N–H and O–H groups in total. The first-order chi connectivity index (χ1) is 21.9. The van der Waals surface area contributed by atoms with Crippen molar-refractivity contribution in [2.75, 3.05) is 6.54 Å². The lowest BCUT2D eigenvalue weighted by Crippen LogP contribution is -2.46. The van der Waals surface area contributed by atoms with Crippen LogP contribution in [0.3, 0.4) is 0 Å². The van der Waals surface area contributed by atoms with Crippen molar-refractivity contribution >= 4 is 35.8 Å². The number of carbonyl (C=O) groups excluding carboxylic acids is 5. The molecule has 0 aromatic carbocycles. The number of carbonyl (C=O) groups is 6. The topological polar surface area (TPSA) is 221 Å². The second kappa shape index (κ2) is 23.0. The smallest absolute Gasteiger partial charge is 0.328 e. The van der Waals surface area contributed by atoms with Crippen LogP contribution in [0.1, 0.15) is 113 Å². The number of hydrogen-bond acceptors (Lipinski definition) is 10. The van der Waals surface area contributed by atoms with Crippen LogP contribution in [0.15, 0.2) is 0 Å². The average Bonchev–Trinajstić information content (AvgIpc) is 2.99. The van der Waals surface area contributed by atoms with Crippen LogP contribution in [0.4, 0.5) is 4.79 Å². The highest BCUT2D eigenvalue weighted by atomic mass is 16.6. The Labute approximate surface area is 279 Å². The molecule has 0 spiro atoms. The Balaban J connectivity index is 5.82. The maximum atomic E-state index is 13.5. The molecule has 0 saturated carbocycles. The number of ether oxygens (including phenoxy) is 3. The van der Waals surface area contributed by atoms with Crippen molar-refractivity contribution in [1.29, 1.82) is 0 Å². The van der Waals surface area contributed by atoms with Crippen LogP contribution in [0.2, 0.25) is 0 Å². The summed E-state index contributed by atoms with van der Waals surface area (Å²) in [6.07, 6.45) is -2.48. The van der Waals surface area contributed by atoms with Crippen molar-refractivity contribution in [2.24, 2.45) is 29.4 Å². The molecular weight excluding hydrogens is 614 g/mol. The molecule has 0 bridgehead atoms. The van der Waals surface area contributed by atoms with Crippen molar-refractivity contribution in [2.45, 2.75) is 144 Å². The Morgan fingerprint density at radius 3 is 1.70 bits per heavy atom. The molecule has 0 aliphatic heterocycles. The first-order valence-corrected chi connectivity index (χ1v) is 16.8. The number of esters is 3. The minimum atomic E-state index is -1.17. The minimum absolute atomic E-state index is 0.0610. The lowest BCUT2D eigenvalue weighted by atomic mass is 9.97.